The zero-order valence-corrected chi connectivity index (χ0v) is 14.6. The number of ether oxygens (including phenoxy) is 4. The van der Waals surface area contributed by atoms with Gasteiger partial charge >= 0.3 is 5.90 Å². The fourth-order valence-electron chi connectivity index (χ4n) is 2.95. The van der Waals surface area contributed by atoms with Crippen LogP contribution >= 0.6 is 0 Å². The van der Waals surface area contributed by atoms with E-state index in [-0.39, 0.29) is 24.6 Å². The molecule has 1 aromatic rings. The average molecular weight is 332 g/mol. The SMILES string of the molecule is CCOC(C[C@@H]1C=C[C@@H]2O[C@H](c3ccccc3)OC[C@H]2O1)=[N+](C)C. The van der Waals surface area contributed by atoms with Crippen LogP contribution in [-0.2, 0) is 18.9 Å². The number of hydrogen-bond acceptors (Lipinski definition) is 4. The Kier molecular flexibility index (Phi) is 5.66. The van der Waals surface area contributed by atoms with Gasteiger partial charge in [0.15, 0.2) is 6.29 Å². The van der Waals surface area contributed by atoms with Crippen molar-refractivity contribution >= 4 is 5.90 Å². The molecule has 5 heteroatoms. The van der Waals surface area contributed by atoms with Gasteiger partial charge in [0.05, 0.1) is 25.7 Å². The third kappa shape index (κ3) is 4.04. The van der Waals surface area contributed by atoms with Crippen molar-refractivity contribution in [3.63, 3.8) is 0 Å². The highest BCUT2D eigenvalue weighted by molar-refractivity contribution is 5.71. The number of benzene rings is 1. The Labute approximate surface area is 143 Å². The Morgan fingerprint density at radius 3 is 2.67 bits per heavy atom. The maximum absolute atomic E-state index is 6.14. The molecule has 0 saturated carbocycles. The summed E-state index contributed by atoms with van der Waals surface area (Å²) in [5.41, 5.74) is 1.03. The van der Waals surface area contributed by atoms with E-state index >= 15 is 0 Å². The van der Waals surface area contributed by atoms with Crippen molar-refractivity contribution in [2.24, 2.45) is 0 Å². The van der Waals surface area contributed by atoms with Crippen molar-refractivity contribution < 1.29 is 23.5 Å². The summed E-state index contributed by atoms with van der Waals surface area (Å²) in [7, 11) is 3.97. The van der Waals surface area contributed by atoms with Crippen LogP contribution in [0.25, 0.3) is 0 Å². The van der Waals surface area contributed by atoms with Crippen LogP contribution in [0.2, 0.25) is 0 Å². The van der Waals surface area contributed by atoms with Gasteiger partial charge in [0.2, 0.25) is 0 Å². The monoisotopic (exact) mass is 332 g/mol. The first-order valence-electron chi connectivity index (χ1n) is 8.49. The molecule has 2 aliphatic heterocycles. The van der Waals surface area contributed by atoms with Crippen molar-refractivity contribution in [1.82, 2.24) is 0 Å². The second kappa shape index (κ2) is 7.92. The quantitative estimate of drug-likeness (QED) is 0.368. The van der Waals surface area contributed by atoms with E-state index < -0.39 is 0 Å². The first-order valence-corrected chi connectivity index (χ1v) is 8.49. The van der Waals surface area contributed by atoms with Crippen molar-refractivity contribution in [2.75, 3.05) is 27.3 Å². The van der Waals surface area contributed by atoms with Crippen molar-refractivity contribution in [3.8, 4) is 0 Å². The highest BCUT2D eigenvalue weighted by atomic mass is 16.7. The summed E-state index contributed by atoms with van der Waals surface area (Å²) in [6.45, 7) is 3.17. The van der Waals surface area contributed by atoms with Crippen LogP contribution in [0.3, 0.4) is 0 Å². The molecule has 0 aromatic heterocycles. The molecule has 0 N–H and O–H groups in total. The molecule has 1 fully saturated rings. The molecule has 1 aromatic carbocycles. The zero-order valence-electron chi connectivity index (χ0n) is 14.6. The third-order valence-electron chi connectivity index (χ3n) is 4.18. The van der Waals surface area contributed by atoms with Crippen molar-refractivity contribution in [2.45, 2.75) is 37.9 Å². The molecule has 2 aliphatic rings. The average Bonchev–Trinajstić information content (AvgIpc) is 2.61. The summed E-state index contributed by atoms with van der Waals surface area (Å²) < 4.78 is 25.7. The molecule has 2 heterocycles. The van der Waals surface area contributed by atoms with Crippen molar-refractivity contribution in [3.05, 3.63) is 48.0 Å². The van der Waals surface area contributed by atoms with Gasteiger partial charge in [0, 0.05) is 5.56 Å². The molecule has 1 saturated heterocycles. The molecule has 5 nitrogen and oxygen atoms in total. The summed E-state index contributed by atoms with van der Waals surface area (Å²) >= 11 is 0. The predicted molar refractivity (Wildman–Crippen MR) is 91.2 cm³/mol. The van der Waals surface area contributed by atoms with Gasteiger partial charge in [-0.2, -0.15) is 0 Å². The molecule has 3 rings (SSSR count). The topological polar surface area (TPSA) is 39.9 Å². The first-order chi connectivity index (χ1) is 11.7. The molecule has 130 valence electrons. The molecule has 0 spiro atoms. The predicted octanol–water partition coefficient (Wildman–Crippen LogP) is 2.52. The molecule has 0 unspecified atom stereocenters. The van der Waals surface area contributed by atoms with Gasteiger partial charge < -0.3 is 18.9 Å². The first kappa shape index (κ1) is 17.1. The Morgan fingerprint density at radius 1 is 1.17 bits per heavy atom. The van der Waals surface area contributed by atoms with E-state index in [4.69, 9.17) is 18.9 Å². The van der Waals surface area contributed by atoms with E-state index in [1.54, 1.807) is 0 Å². The van der Waals surface area contributed by atoms with Gasteiger partial charge in [-0.05, 0) is 6.92 Å². The molecular formula is C19H26NO4+. The van der Waals surface area contributed by atoms with E-state index in [1.807, 2.05) is 55.9 Å². The normalized spacial score (nSPS) is 29.0. The van der Waals surface area contributed by atoms with Crippen LogP contribution in [-0.4, -0.2) is 56.1 Å². The van der Waals surface area contributed by atoms with Gasteiger partial charge in [-0.1, -0.05) is 42.5 Å². The lowest BCUT2D eigenvalue weighted by Crippen LogP contribution is -2.45. The summed E-state index contributed by atoms with van der Waals surface area (Å²) in [5.74, 6) is 0.922. The number of nitrogens with zero attached hydrogens (tertiary/aromatic N) is 1. The van der Waals surface area contributed by atoms with Crippen LogP contribution in [0.4, 0.5) is 0 Å². The minimum Gasteiger partial charge on any atom is -0.448 e. The third-order valence-corrected chi connectivity index (χ3v) is 4.18. The summed E-state index contributed by atoms with van der Waals surface area (Å²) in [6.07, 6.45) is 4.37. The van der Waals surface area contributed by atoms with Gasteiger partial charge in [-0.15, -0.1) is 0 Å². The fourth-order valence-corrected chi connectivity index (χ4v) is 2.95. The van der Waals surface area contributed by atoms with E-state index in [2.05, 4.69) is 12.2 Å². The standard InChI is InChI=1S/C19H26NO4/c1-4-21-18(20(2)3)12-15-10-11-16-17(23-15)13-22-19(24-16)14-8-6-5-7-9-14/h5-11,15-17,19H,4,12-13H2,1-3H3/q+1/t15-,16-,17+,19+/m0/s1. The molecule has 24 heavy (non-hydrogen) atoms. The van der Waals surface area contributed by atoms with Crippen LogP contribution in [0.15, 0.2) is 42.5 Å². The summed E-state index contributed by atoms with van der Waals surface area (Å²) in [4.78, 5) is 0. The van der Waals surface area contributed by atoms with Crippen LogP contribution < -0.4 is 0 Å². The minimum absolute atomic E-state index is 0.0179. The molecule has 0 amide bonds. The lowest BCUT2D eigenvalue weighted by atomic mass is 10.1. The Hall–Kier alpha value is -1.69. The van der Waals surface area contributed by atoms with Gasteiger partial charge in [-0.25, -0.2) is 4.58 Å². The van der Waals surface area contributed by atoms with Gasteiger partial charge in [0.25, 0.3) is 0 Å². The zero-order chi connectivity index (χ0) is 16.9. The fraction of sp³-hybridized carbons (Fsp3) is 0.526. The van der Waals surface area contributed by atoms with E-state index in [0.717, 1.165) is 11.5 Å². The molecule has 0 radical (unpaired) electrons. The molecular weight excluding hydrogens is 306 g/mol. The van der Waals surface area contributed by atoms with Crippen LogP contribution in [0.1, 0.15) is 25.2 Å². The smallest absolute Gasteiger partial charge is 0.338 e. The summed E-state index contributed by atoms with van der Waals surface area (Å²) in [5, 5.41) is 0. The largest absolute Gasteiger partial charge is 0.448 e. The van der Waals surface area contributed by atoms with Gasteiger partial charge in [0.1, 0.15) is 26.3 Å². The number of fused-ring (bicyclic) bond motifs is 1. The Balaban J connectivity index is 1.63. The van der Waals surface area contributed by atoms with E-state index in [1.165, 1.54) is 0 Å². The number of hydrogen-bond donors (Lipinski definition) is 0. The lowest BCUT2D eigenvalue weighted by molar-refractivity contribution is -0.476. The van der Waals surface area contributed by atoms with Gasteiger partial charge in [-0.3, -0.25) is 0 Å². The maximum atomic E-state index is 6.14. The number of rotatable bonds is 4. The highest BCUT2D eigenvalue weighted by Crippen LogP contribution is 2.31. The Bertz CT molecular complexity index is 595. The second-order valence-electron chi connectivity index (χ2n) is 6.20. The minimum atomic E-state index is -0.329. The highest BCUT2D eigenvalue weighted by Gasteiger charge is 2.36. The summed E-state index contributed by atoms with van der Waals surface area (Å²) in [6, 6.07) is 10.00. The lowest BCUT2D eigenvalue weighted by Gasteiger charge is -2.38. The Morgan fingerprint density at radius 2 is 1.96 bits per heavy atom. The molecule has 0 bridgehead atoms. The van der Waals surface area contributed by atoms with Crippen LogP contribution in [0.5, 0.6) is 0 Å². The molecule has 4 atom stereocenters. The molecule has 0 aliphatic carbocycles. The second-order valence-corrected chi connectivity index (χ2v) is 6.20. The van der Waals surface area contributed by atoms with Crippen LogP contribution in [0, 0.1) is 0 Å². The van der Waals surface area contributed by atoms with Crippen molar-refractivity contribution in [1.29, 1.82) is 0 Å². The maximum Gasteiger partial charge on any atom is 0.338 e. The van der Waals surface area contributed by atoms with E-state index in [0.29, 0.717) is 19.6 Å². The van der Waals surface area contributed by atoms with E-state index in [9.17, 15) is 0 Å².